The summed E-state index contributed by atoms with van der Waals surface area (Å²) in [5, 5.41) is 5.27. The van der Waals surface area contributed by atoms with Gasteiger partial charge in [0, 0.05) is 6.61 Å². The van der Waals surface area contributed by atoms with Crippen LogP contribution in [-0.2, 0) is 25.4 Å². The zero-order valence-corrected chi connectivity index (χ0v) is 21.4. The lowest BCUT2D eigenvalue weighted by Crippen LogP contribution is -2.55. The van der Waals surface area contributed by atoms with Crippen molar-refractivity contribution in [2.45, 2.75) is 77.9 Å². The molecule has 1 rings (SSSR count). The minimum Gasteiger partial charge on any atom is -0.445 e. The minimum absolute atomic E-state index is 0.0330. The standard InChI is InChI=1S/C23H39N3O5Si/c1-16(2)19(26-22(29)30-15-17-11-9-8-10-12-17)21(28)25-18(20(24)27)13-14-31-32(6,7)23(3,4)5/h8-12,16,18-19H,13-15H2,1-7H3,(H2,24,27)(H,25,28)(H,26,29)/t18-,19-/m1/s1. The van der Waals surface area contributed by atoms with Gasteiger partial charge in [0.1, 0.15) is 18.7 Å². The number of benzene rings is 1. The van der Waals surface area contributed by atoms with Crippen LogP contribution in [0.4, 0.5) is 4.79 Å². The van der Waals surface area contributed by atoms with E-state index in [1.807, 2.05) is 30.3 Å². The predicted octanol–water partition coefficient (Wildman–Crippen LogP) is 3.32. The number of hydrogen-bond acceptors (Lipinski definition) is 5. The number of alkyl carbamates (subject to hydrolysis) is 1. The first-order valence-corrected chi connectivity index (χ1v) is 13.9. The number of hydrogen-bond donors (Lipinski definition) is 3. The Kier molecular flexibility index (Phi) is 10.4. The van der Waals surface area contributed by atoms with Crippen molar-refractivity contribution in [2.75, 3.05) is 6.61 Å². The average molecular weight is 466 g/mol. The number of carbonyl (C=O) groups excluding carboxylic acids is 3. The number of primary amides is 1. The molecule has 1 aromatic rings. The second-order valence-corrected chi connectivity index (χ2v) is 14.6. The lowest BCUT2D eigenvalue weighted by atomic mass is 10.0. The van der Waals surface area contributed by atoms with Crippen molar-refractivity contribution in [3.63, 3.8) is 0 Å². The number of nitrogens with one attached hydrogen (secondary N) is 2. The van der Waals surface area contributed by atoms with Gasteiger partial charge in [-0.25, -0.2) is 4.79 Å². The molecule has 2 atom stereocenters. The van der Waals surface area contributed by atoms with Crippen molar-refractivity contribution in [3.8, 4) is 0 Å². The van der Waals surface area contributed by atoms with Crippen molar-refractivity contribution in [2.24, 2.45) is 11.7 Å². The lowest BCUT2D eigenvalue weighted by molar-refractivity contribution is -0.129. The SMILES string of the molecule is CC(C)[C@@H](NC(=O)OCc1ccccc1)C(=O)N[C@H](CCO[Si](C)(C)C(C)(C)C)C(N)=O. The lowest BCUT2D eigenvalue weighted by Gasteiger charge is -2.36. The molecule has 0 aliphatic rings. The van der Waals surface area contributed by atoms with Gasteiger partial charge in [-0.05, 0) is 36.0 Å². The number of nitrogens with two attached hydrogens (primary N) is 1. The van der Waals surface area contributed by atoms with Crippen molar-refractivity contribution in [3.05, 3.63) is 35.9 Å². The molecule has 0 aliphatic heterocycles. The molecule has 0 unspecified atom stereocenters. The predicted molar refractivity (Wildman–Crippen MR) is 127 cm³/mol. The highest BCUT2D eigenvalue weighted by atomic mass is 28.4. The van der Waals surface area contributed by atoms with E-state index >= 15 is 0 Å². The molecule has 9 heteroatoms. The third-order valence-electron chi connectivity index (χ3n) is 5.77. The molecule has 4 N–H and O–H groups in total. The Hall–Kier alpha value is -2.39. The Morgan fingerprint density at radius 3 is 2.16 bits per heavy atom. The van der Waals surface area contributed by atoms with Crippen LogP contribution in [0.25, 0.3) is 0 Å². The van der Waals surface area contributed by atoms with Gasteiger partial charge in [0.15, 0.2) is 8.32 Å². The maximum Gasteiger partial charge on any atom is 0.408 e. The fourth-order valence-corrected chi connectivity index (χ4v) is 3.68. The van der Waals surface area contributed by atoms with Crippen molar-refractivity contribution >= 4 is 26.2 Å². The first-order valence-electron chi connectivity index (χ1n) is 11.0. The smallest absolute Gasteiger partial charge is 0.408 e. The third-order valence-corrected chi connectivity index (χ3v) is 10.3. The van der Waals surface area contributed by atoms with E-state index in [0.29, 0.717) is 6.61 Å². The van der Waals surface area contributed by atoms with Crippen molar-refractivity contribution < 1.29 is 23.5 Å². The van der Waals surface area contributed by atoms with E-state index in [1.54, 1.807) is 13.8 Å². The van der Waals surface area contributed by atoms with Crippen LogP contribution in [-0.4, -0.2) is 44.9 Å². The maximum absolute atomic E-state index is 12.8. The van der Waals surface area contributed by atoms with Gasteiger partial charge in [0.2, 0.25) is 11.8 Å². The summed E-state index contributed by atoms with van der Waals surface area (Å²) in [7, 11) is -1.98. The van der Waals surface area contributed by atoms with Gasteiger partial charge in [0.25, 0.3) is 0 Å². The molecular weight excluding hydrogens is 426 g/mol. The molecule has 180 valence electrons. The Bertz CT molecular complexity index is 763. The molecule has 0 aliphatic carbocycles. The summed E-state index contributed by atoms with van der Waals surface area (Å²) in [4.78, 5) is 36.9. The minimum atomic E-state index is -1.98. The van der Waals surface area contributed by atoms with E-state index in [1.165, 1.54) is 0 Å². The van der Waals surface area contributed by atoms with Crippen LogP contribution in [0.3, 0.4) is 0 Å². The Labute approximate surface area is 192 Å². The molecule has 0 saturated carbocycles. The van der Waals surface area contributed by atoms with Gasteiger partial charge in [-0.15, -0.1) is 0 Å². The summed E-state index contributed by atoms with van der Waals surface area (Å²) in [6, 6.07) is 7.47. The summed E-state index contributed by atoms with van der Waals surface area (Å²) >= 11 is 0. The van der Waals surface area contributed by atoms with Crippen LogP contribution >= 0.6 is 0 Å². The summed E-state index contributed by atoms with van der Waals surface area (Å²) in [5.74, 6) is -1.37. The van der Waals surface area contributed by atoms with Crippen LogP contribution in [0.1, 0.15) is 46.6 Å². The van der Waals surface area contributed by atoms with E-state index in [-0.39, 0.29) is 24.0 Å². The zero-order valence-electron chi connectivity index (χ0n) is 20.4. The van der Waals surface area contributed by atoms with Crippen molar-refractivity contribution in [1.29, 1.82) is 0 Å². The zero-order chi connectivity index (χ0) is 24.5. The highest BCUT2D eigenvalue weighted by Crippen LogP contribution is 2.36. The topological polar surface area (TPSA) is 120 Å². The Balaban J connectivity index is 2.66. The van der Waals surface area contributed by atoms with Crippen LogP contribution in [0.2, 0.25) is 18.1 Å². The van der Waals surface area contributed by atoms with E-state index in [9.17, 15) is 14.4 Å². The van der Waals surface area contributed by atoms with Gasteiger partial charge < -0.3 is 25.5 Å². The molecule has 0 heterocycles. The molecule has 0 spiro atoms. The number of rotatable bonds is 11. The highest BCUT2D eigenvalue weighted by Gasteiger charge is 2.37. The fourth-order valence-electron chi connectivity index (χ4n) is 2.62. The molecule has 0 saturated heterocycles. The molecular formula is C23H39N3O5Si. The summed E-state index contributed by atoms with van der Waals surface area (Å²) in [6.07, 6.45) is -0.448. The molecule has 0 aromatic heterocycles. The fraction of sp³-hybridized carbons (Fsp3) is 0.609. The van der Waals surface area contributed by atoms with E-state index in [4.69, 9.17) is 14.9 Å². The number of carbonyl (C=O) groups is 3. The van der Waals surface area contributed by atoms with Crippen LogP contribution < -0.4 is 16.4 Å². The van der Waals surface area contributed by atoms with Gasteiger partial charge in [-0.2, -0.15) is 0 Å². The van der Waals surface area contributed by atoms with Gasteiger partial charge in [-0.3, -0.25) is 9.59 Å². The Morgan fingerprint density at radius 1 is 1.06 bits per heavy atom. The van der Waals surface area contributed by atoms with Crippen LogP contribution in [0.15, 0.2) is 30.3 Å². The van der Waals surface area contributed by atoms with E-state index in [0.717, 1.165) is 5.56 Å². The quantitative estimate of drug-likeness (QED) is 0.433. The molecule has 8 nitrogen and oxygen atoms in total. The van der Waals surface area contributed by atoms with E-state index < -0.39 is 38.3 Å². The summed E-state index contributed by atoms with van der Waals surface area (Å²) in [5.41, 5.74) is 6.34. The second-order valence-electron chi connectivity index (χ2n) is 9.79. The Morgan fingerprint density at radius 2 is 1.66 bits per heavy atom. The molecule has 0 fully saturated rings. The second kappa shape index (κ2) is 12.0. The van der Waals surface area contributed by atoms with Gasteiger partial charge in [-0.1, -0.05) is 65.0 Å². The average Bonchev–Trinajstić information content (AvgIpc) is 2.69. The highest BCUT2D eigenvalue weighted by molar-refractivity contribution is 6.74. The first-order chi connectivity index (χ1) is 14.7. The van der Waals surface area contributed by atoms with Gasteiger partial charge in [0.05, 0.1) is 0 Å². The third kappa shape index (κ3) is 9.00. The summed E-state index contributed by atoms with van der Waals surface area (Å²) < 4.78 is 11.3. The molecule has 3 amide bonds. The maximum atomic E-state index is 12.8. The normalized spacial score (nSPS) is 13.9. The number of amides is 3. The van der Waals surface area contributed by atoms with Gasteiger partial charge >= 0.3 is 6.09 Å². The van der Waals surface area contributed by atoms with Crippen LogP contribution in [0.5, 0.6) is 0 Å². The van der Waals surface area contributed by atoms with E-state index in [2.05, 4.69) is 44.5 Å². The van der Waals surface area contributed by atoms with Crippen LogP contribution in [0, 0.1) is 5.92 Å². The molecule has 0 radical (unpaired) electrons. The first kappa shape index (κ1) is 27.6. The number of ether oxygens (including phenoxy) is 1. The van der Waals surface area contributed by atoms with Crippen molar-refractivity contribution in [1.82, 2.24) is 10.6 Å². The largest absolute Gasteiger partial charge is 0.445 e. The molecule has 0 bridgehead atoms. The summed E-state index contributed by atoms with van der Waals surface area (Å²) in [6.45, 7) is 14.6. The monoisotopic (exact) mass is 465 g/mol. The molecule has 1 aromatic carbocycles. The molecule has 32 heavy (non-hydrogen) atoms.